The molecule has 0 aromatic heterocycles. The topological polar surface area (TPSA) is 0 Å². The predicted octanol–water partition coefficient (Wildman–Crippen LogP) is 3.14. The van der Waals surface area contributed by atoms with Crippen molar-refractivity contribution >= 4 is 35.9 Å². The van der Waals surface area contributed by atoms with E-state index in [1.54, 1.807) is 5.19 Å². The summed E-state index contributed by atoms with van der Waals surface area (Å²) in [6.07, 6.45) is 0. The molecule has 2 heteroatoms. The first-order valence-electron chi connectivity index (χ1n) is 4.17. The molecule has 0 amide bonds. The third-order valence-electron chi connectivity index (χ3n) is 1.91. The minimum atomic E-state index is -1.10. The van der Waals surface area contributed by atoms with Crippen LogP contribution in [-0.2, 0) is 0 Å². The number of hydrogen-bond acceptors (Lipinski definition) is 0. The van der Waals surface area contributed by atoms with E-state index in [1.807, 2.05) is 0 Å². The maximum atomic E-state index is 2.39. The van der Waals surface area contributed by atoms with E-state index in [2.05, 4.69) is 67.4 Å². The Balaban J connectivity index is 3.18. The minimum absolute atomic E-state index is 1.10. The maximum absolute atomic E-state index is 2.39. The molecule has 0 radical (unpaired) electrons. The molecule has 0 spiro atoms. The van der Waals surface area contributed by atoms with E-state index in [0.29, 0.717) is 0 Å². The molecule has 0 aliphatic heterocycles. The van der Waals surface area contributed by atoms with Crippen molar-refractivity contribution in [3.63, 3.8) is 0 Å². The average Bonchev–Trinajstić information content (AvgIpc) is 1.82. The van der Waals surface area contributed by atoms with Gasteiger partial charge < -0.3 is 0 Å². The Labute approximate surface area is 89.5 Å². The second-order valence-electron chi connectivity index (χ2n) is 4.27. The predicted molar refractivity (Wildman–Crippen MR) is 66.9 cm³/mol. The maximum Gasteiger partial charge on any atom is 0.0776 e. The first-order valence-corrected chi connectivity index (χ1v) is 8.75. The summed E-state index contributed by atoms with van der Waals surface area (Å²) >= 11 is 2.39. The van der Waals surface area contributed by atoms with Crippen LogP contribution in [0.2, 0.25) is 19.6 Å². The van der Waals surface area contributed by atoms with E-state index in [0.717, 1.165) is 0 Å². The van der Waals surface area contributed by atoms with Crippen molar-refractivity contribution < 1.29 is 0 Å². The standard InChI is InChI=1S/C10H15ISi/c1-8-5-9(11)7-10(6-8)12(2,3)4/h5-7H,1-4H3. The van der Waals surface area contributed by atoms with Crippen LogP contribution in [0.5, 0.6) is 0 Å². The second kappa shape index (κ2) is 3.50. The van der Waals surface area contributed by atoms with E-state index in [9.17, 15) is 0 Å². The normalized spacial score (nSPS) is 11.8. The summed E-state index contributed by atoms with van der Waals surface area (Å²) in [5.41, 5.74) is 1.39. The number of aryl methyl sites for hydroxylation is 1. The highest BCUT2D eigenvalue weighted by atomic mass is 127. The zero-order chi connectivity index (χ0) is 9.35. The highest BCUT2D eigenvalue weighted by molar-refractivity contribution is 14.1. The van der Waals surface area contributed by atoms with Gasteiger partial charge in [0.15, 0.2) is 0 Å². The van der Waals surface area contributed by atoms with Crippen LogP contribution in [0.1, 0.15) is 5.56 Å². The average molecular weight is 290 g/mol. The smallest absolute Gasteiger partial charge is 0.0656 e. The molecule has 0 bridgehead atoms. The van der Waals surface area contributed by atoms with Gasteiger partial charge in [0.2, 0.25) is 0 Å². The van der Waals surface area contributed by atoms with Gasteiger partial charge in [-0.15, -0.1) is 0 Å². The Morgan fingerprint density at radius 2 is 1.67 bits per heavy atom. The van der Waals surface area contributed by atoms with Crippen molar-refractivity contribution in [2.75, 3.05) is 0 Å². The van der Waals surface area contributed by atoms with Gasteiger partial charge in [0.1, 0.15) is 0 Å². The van der Waals surface area contributed by atoms with Crippen molar-refractivity contribution in [3.05, 3.63) is 27.3 Å². The van der Waals surface area contributed by atoms with E-state index in [-0.39, 0.29) is 0 Å². The summed E-state index contributed by atoms with van der Waals surface area (Å²) in [6, 6.07) is 6.87. The van der Waals surface area contributed by atoms with Gasteiger partial charge in [0.25, 0.3) is 0 Å². The van der Waals surface area contributed by atoms with Gasteiger partial charge in [-0.05, 0) is 41.6 Å². The van der Waals surface area contributed by atoms with Gasteiger partial charge in [0.05, 0.1) is 8.07 Å². The minimum Gasteiger partial charge on any atom is -0.0656 e. The summed E-state index contributed by atoms with van der Waals surface area (Å²) in [5.74, 6) is 0. The third-order valence-corrected chi connectivity index (χ3v) is 4.55. The van der Waals surface area contributed by atoms with Crippen LogP contribution in [0.4, 0.5) is 0 Å². The Bertz CT molecular complexity index is 266. The van der Waals surface area contributed by atoms with Crippen LogP contribution in [0.3, 0.4) is 0 Å². The van der Waals surface area contributed by atoms with Gasteiger partial charge >= 0.3 is 0 Å². The van der Waals surface area contributed by atoms with Gasteiger partial charge in [0, 0.05) is 3.57 Å². The van der Waals surface area contributed by atoms with Crippen LogP contribution in [0.15, 0.2) is 18.2 Å². The SMILES string of the molecule is Cc1cc(I)cc([Si](C)(C)C)c1. The zero-order valence-electron chi connectivity index (χ0n) is 8.11. The first-order chi connectivity index (χ1) is 5.39. The Hall–Kier alpha value is 0.167. The molecule has 0 atom stereocenters. The lowest BCUT2D eigenvalue weighted by Gasteiger charge is -2.17. The lowest BCUT2D eigenvalue weighted by molar-refractivity contribution is 1.46. The van der Waals surface area contributed by atoms with Crippen LogP contribution in [0.25, 0.3) is 0 Å². The highest BCUT2D eigenvalue weighted by Gasteiger charge is 2.16. The largest absolute Gasteiger partial charge is 0.0776 e. The van der Waals surface area contributed by atoms with Crippen molar-refractivity contribution in [1.29, 1.82) is 0 Å². The van der Waals surface area contributed by atoms with E-state index >= 15 is 0 Å². The number of hydrogen-bond donors (Lipinski definition) is 0. The fourth-order valence-electron chi connectivity index (χ4n) is 1.17. The molecule has 0 N–H and O–H groups in total. The van der Waals surface area contributed by atoms with Gasteiger partial charge in [-0.3, -0.25) is 0 Å². The van der Waals surface area contributed by atoms with E-state index < -0.39 is 8.07 Å². The van der Waals surface area contributed by atoms with Crippen LogP contribution >= 0.6 is 22.6 Å². The molecule has 0 fully saturated rings. The highest BCUT2D eigenvalue weighted by Crippen LogP contribution is 2.09. The van der Waals surface area contributed by atoms with E-state index in [4.69, 9.17) is 0 Å². The lowest BCUT2D eigenvalue weighted by Crippen LogP contribution is -2.37. The van der Waals surface area contributed by atoms with E-state index in [1.165, 1.54) is 9.13 Å². The molecule has 66 valence electrons. The molecule has 0 aliphatic carbocycles. The summed E-state index contributed by atoms with van der Waals surface area (Å²) in [7, 11) is -1.10. The molecular weight excluding hydrogens is 275 g/mol. The monoisotopic (exact) mass is 290 g/mol. The second-order valence-corrected chi connectivity index (χ2v) is 10.6. The Morgan fingerprint density at radius 3 is 2.08 bits per heavy atom. The fraction of sp³-hybridized carbons (Fsp3) is 0.400. The molecule has 0 aliphatic rings. The van der Waals surface area contributed by atoms with Crippen molar-refractivity contribution in [2.45, 2.75) is 26.6 Å². The summed E-state index contributed by atoms with van der Waals surface area (Å²) in [6.45, 7) is 9.33. The molecule has 0 saturated heterocycles. The number of halogens is 1. The molecule has 1 aromatic rings. The van der Waals surface area contributed by atoms with Gasteiger partial charge in [-0.1, -0.05) is 36.5 Å². The molecule has 0 saturated carbocycles. The van der Waals surface area contributed by atoms with Gasteiger partial charge in [-0.2, -0.15) is 0 Å². The van der Waals surface area contributed by atoms with Crippen LogP contribution in [0, 0.1) is 10.5 Å². The van der Waals surface area contributed by atoms with Crippen LogP contribution < -0.4 is 5.19 Å². The van der Waals surface area contributed by atoms with Crippen molar-refractivity contribution in [3.8, 4) is 0 Å². The molecule has 0 heterocycles. The summed E-state index contributed by atoms with van der Waals surface area (Å²) < 4.78 is 1.37. The molecule has 0 unspecified atom stereocenters. The van der Waals surface area contributed by atoms with Gasteiger partial charge in [-0.25, -0.2) is 0 Å². The quantitative estimate of drug-likeness (QED) is 0.550. The molecule has 0 nitrogen and oxygen atoms in total. The molecule has 1 aromatic carbocycles. The zero-order valence-corrected chi connectivity index (χ0v) is 11.3. The van der Waals surface area contributed by atoms with Crippen LogP contribution in [-0.4, -0.2) is 8.07 Å². The van der Waals surface area contributed by atoms with Crippen molar-refractivity contribution in [1.82, 2.24) is 0 Å². The first kappa shape index (κ1) is 10.2. The molecular formula is C10H15ISi. The Kier molecular flexibility index (Phi) is 2.99. The van der Waals surface area contributed by atoms with Crippen molar-refractivity contribution in [2.24, 2.45) is 0 Å². The lowest BCUT2D eigenvalue weighted by atomic mass is 10.2. The fourth-order valence-corrected chi connectivity index (χ4v) is 3.54. The number of rotatable bonds is 1. The summed E-state index contributed by atoms with van der Waals surface area (Å²) in [5, 5.41) is 1.56. The number of benzene rings is 1. The molecule has 12 heavy (non-hydrogen) atoms. The summed E-state index contributed by atoms with van der Waals surface area (Å²) in [4.78, 5) is 0. The third kappa shape index (κ3) is 2.59. The Morgan fingerprint density at radius 1 is 1.08 bits per heavy atom. The molecule has 1 rings (SSSR count).